The van der Waals surface area contributed by atoms with E-state index in [0.29, 0.717) is 0 Å². The molecule has 0 saturated heterocycles. The fourth-order valence-corrected chi connectivity index (χ4v) is 2.30. The van der Waals surface area contributed by atoms with Crippen LogP contribution in [0.2, 0.25) is 0 Å². The first kappa shape index (κ1) is 14.7. The molecule has 0 aromatic carbocycles. The van der Waals surface area contributed by atoms with Crippen LogP contribution < -0.4 is 11.1 Å². The molecule has 0 aliphatic carbocycles. The summed E-state index contributed by atoms with van der Waals surface area (Å²) in [6.07, 6.45) is 0.821. The van der Waals surface area contributed by atoms with Crippen molar-refractivity contribution in [3.05, 3.63) is 22.4 Å². The second kappa shape index (κ2) is 7.13. The number of hydrogen-bond donors (Lipinski definition) is 3. The van der Waals surface area contributed by atoms with E-state index in [1.54, 1.807) is 0 Å². The summed E-state index contributed by atoms with van der Waals surface area (Å²) in [6, 6.07) is 3.00. The van der Waals surface area contributed by atoms with E-state index < -0.39 is 12.0 Å². The van der Waals surface area contributed by atoms with Crippen LogP contribution in [0.15, 0.2) is 17.5 Å². The van der Waals surface area contributed by atoms with Crippen LogP contribution >= 0.6 is 11.3 Å². The molecule has 1 heterocycles. The topological polar surface area (TPSA) is 92.4 Å². The Kier molecular flexibility index (Phi) is 5.80. The number of aliphatic carboxylic acids is 1. The molecule has 0 saturated carbocycles. The van der Waals surface area contributed by atoms with Gasteiger partial charge in [-0.1, -0.05) is 13.0 Å². The number of carboxylic acids is 1. The highest BCUT2D eigenvalue weighted by Gasteiger charge is 2.19. The number of nitrogens with two attached hydrogens (primary N) is 1. The van der Waals surface area contributed by atoms with Crippen molar-refractivity contribution in [3.8, 4) is 0 Å². The molecular weight excluding hydrogens is 252 g/mol. The van der Waals surface area contributed by atoms with Gasteiger partial charge in [-0.3, -0.25) is 9.59 Å². The Morgan fingerprint density at radius 1 is 1.50 bits per heavy atom. The highest BCUT2D eigenvalue weighted by atomic mass is 32.1. The Morgan fingerprint density at radius 2 is 2.22 bits per heavy atom. The molecule has 0 aliphatic heterocycles. The number of rotatable bonds is 7. The Balaban J connectivity index is 2.62. The fraction of sp³-hybridized carbons (Fsp3) is 0.500. The van der Waals surface area contributed by atoms with Crippen LogP contribution in [0.5, 0.6) is 0 Å². The summed E-state index contributed by atoms with van der Waals surface area (Å²) in [7, 11) is 0. The maximum absolute atomic E-state index is 11.7. The third-order valence-electron chi connectivity index (χ3n) is 2.57. The van der Waals surface area contributed by atoms with Gasteiger partial charge >= 0.3 is 5.97 Å². The van der Waals surface area contributed by atoms with Gasteiger partial charge in [-0.25, -0.2) is 0 Å². The van der Waals surface area contributed by atoms with Gasteiger partial charge in [0.1, 0.15) is 0 Å². The lowest BCUT2D eigenvalue weighted by molar-refractivity contribution is -0.137. The average Bonchev–Trinajstić information content (AvgIpc) is 2.80. The van der Waals surface area contributed by atoms with Gasteiger partial charge in [0.05, 0.1) is 12.5 Å². The number of amides is 1. The minimum absolute atomic E-state index is 0.117. The van der Waals surface area contributed by atoms with E-state index in [0.717, 1.165) is 11.3 Å². The van der Waals surface area contributed by atoms with Gasteiger partial charge in [0, 0.05) is 17.3 Å². The van der Waals surface area contributed by atoms with Gasteiger partial charge in [-0.05, 0) is 17.9 Å². The zero-order chi connectivity index (χ0) is 13.5. The Hall–Kier alpha value is -1.40. The molecule has 18 heavy (non-hydrogen) atoms. The number of carboxylic acid groups (broad SMARTS) is 1. The van der Waals surface area contributed by atoms with Crippen molar-refractivity contribution < 1.29 is 14.7 Å². The molecule has 1 amide bonds. The third kappa shape index (κ3) is 4.85. The first-order valence-corrected chi connectivity index (χ1v) is 6.71. The van der Waals surface area contributed by atoms with E-state index in [1.807, 2.05) is 24.4 Å². The molecule has 6 heteroatoms. The number of hydrogen-bond acceptors (Lipinski definition) is 4. The molecule has 4 N–H and O–H groups in total. The standard InChI is InChI=1S/C12H18N2O3S/c1-2-8(13)6-11(15)14-9(7-12(16)17)10-4-3-5-18-10/h3-5,8-9H,2,6-7,13H2,1H3,(H,14,15)(H,16,17). The van der Waals surface area contributed by atoms with Crippen LogP contribution in [0.25, 0.3) is 0 Å². The second-order valence-electron chi connectivity index (χ2n) is 4.11. The SMILES string of the molecule is CCC(N)CC(=O)NC(CC(=O)O)c1cccs1. The molecular formula is C12H18N2O3S. The summed E-state index contributed by atoms with van der Waals surface area (Å²) in [5.41, 5.74) is 5.69. The molecule has 0 radical (unpaired) electrons. The molecule has 0 fully saturated rings. The van der Waals surface area contributed by atoms with Crippen molar-refractivity contribution >= 4 is 23.2 Å². The first-order valence-electron chi connectivity index (χ1n) is 5.83. The van der Waals surface area contributed by atoms with E-state index in [2.05, 4.69) is 5.32 Å². The summed E-state index contributed by atoms with van der Waals surface area (Å²) in [6.45, 7) is 1.91. The third-order valence-corrected chi connectivity index (χ3v) is 3.56. The maximum atomic E-state index is 11.7. The van der Waals surface area contributed by atoms with Crippen molar-refractivity contribution in [3.63, 3.8) is 0 Å². The molecule has 100 valence electrons. The van der Waals surface area contributed by atoms with Crippen LogP contribution in [-0.4, -0.2) is 23.0 Å². The summed E-state index contributed by atoms with van der Waals surface area (Å²) in [5, 5.41) is 13.4. The van der Waals surface area contributed by atoms with Crippen molar-refractivity contribution in [2.75, 3.05) is 0 Å². The van der Waals surface area contributed by atoms with Crippen LogP contribution in [0.3, 0.4) is 0 Å². The van der Waals surface area contributed by atoms with E-state index in [-0.39, 0.29) is 24.8 Å². The summed E-state index contributed by atoms with van der Waals surface area (Å²) >= 11 is 1.43. The molecule has 2 unspecified atom stereocenters. The normalized spacial score (nSPS) is 13.9. The summed E-state index contributed by atoms with van der Waals surface area (Å²) in [5.74, 6) is -1.14. The minimum Gasteiger partial charge on any atom is -0.481 e. The van der Waals surface area contributed by atoms with E-state index >= 15 is 0 Å². The highest BCUT2D eigenvalue weighted by Crippen LogP contribution is 2.22. The zero-order valence-electron chi connectivity index (χ0n) is 10.3. The van der Waals surface area contributed by atoms with Gasteiger partial charge < -0.3 is 16.2 Å². The molecule has 1 aromatic rings. The average molecular weight is 270 g/mol. The van der Waals surface area contributed by atoms with Crippen LogP contribution in [0, 0.1) is 0 Å². The lowest BCUT2D eigenvalue weighted by atomic mass is 10.1. The number of nitrogens with one attached hydrogen (secondary N) is 1. The maximum Gasteiger partial charge on any atom is 0.305 e. The molecule has 5 nitrogen and oxygen atoms in total. The predicted octanol–water partition coefficient (Wildman–Crippen LogP) is 1.51. The monoisotopic (exact) mass is 270 g/mol. The molecule has 1 rings (SSSR count). The number of carbonyl (C=O) groups is 2. The van der Waals surface area contributed by atoms with E-state index in [9.17, 15) is 9.59 Å². The van der Waals surface area contributed by atoms with E-state index in [4.69, 9.17) is 10.8 Å². The van der Waals surface area contributed by atoms with Gasteiger partial charge in [0.15, 0.2) is 0 Å². The van der Waals surface area contributed by atoms with Crippen molar-refractivity contribution in [2.24, 2.45) is 5.73 Å². The van der Waals surface area contributed by atoms with Crippen molar-refractivity contribution in [1.29, 1.82) is 0 Å². The van der Waals surface area contributed by atoms with Crippen LogP contribution in [0.4, 0.5) is 0 Å². The minimum atomic E-state index is -0.937. The molecule has 0 spiro atoms. The van der Waals surface area contributed by atoms with Crippen molar-refractivity contribution in [1.82, 2.24) is 5.32 Å². The summed E-state index contributed by atoms with van der Waals surface area (Å²) < 4.78 is 0. The lowest BCUT2D eigenvalue weighted by Crippen LogP contribution is -2.34. The van der Waals surface area contributed by atoms with Gasteiger partial charge in [0.2, 0.25) is 5.91 Å². The summed E-state index contributed by atoms with van der Waals surface area (Å²) in [4.78, 5) is 23.4. The molecule has 1 aromatic heterocycles. The van der Waals surface area contributed by atoms with Crippen molar-refractivity contribution in [2.45, 2.75) is 38.3 Å². The van der Waals surface area contributed by atoms with Crippen LogP contribution in [0.1, 0.15) is 37.1 Å². The smallest absolute Gasteiger partial charge is 0.305 e. The molecule has 2 atom stereocenters. The lowest BCUT2D eigenvalue weighted by Gasteiger charge is -2.17. The Bertz CT molecular complexity index is 392. The van der Waals surface area contributed by atoms with Gasteiger partial charge in [-0.2, -0.15) is 0 Å². The Labute approximate surface area is 110 Å². The largest absolute Gasteiger partial charge is 0.481 e. The predicted molar refractivity (Wildman–Crippen MR) is 70.3 cm³/mol. The highest BCUT2D eigenvalue weighted by molar-refractivity contribution is 7.10. The zero-order valence-corrected chi connectivity index (χ0v) is 11.1. The van der Waals surface area contributed by atoms with Gasteiger partial charge in [-0.15, -0.1) is 11.3 Å². The van der Waals surface area contributed by atoms with E-state index in [1.165, 1.54) is 11.3 Å². The Morgan fingerprint density at radius 3 is 2.72 bits per heavy atom. The fourth-order valence-electron chi connectivity index (χ4n) is 1.52. The molecule has 0 aliphatic rings. The molecule has 0 bridgehead atoms. The quantitative estimate of drug-likeness (QED) is 0.700. The first-order chi connectivity index (χ1) is 8.52. The number of thiophene rings is 1. The van der Waals surface area contributed by atoms with Gasteiger partial charge in [0.25, 0.3) is 0 Å². The van der Waals surface area contributed by atoms with Crippen LogP contribution in [-0.2, 0) is 9.59 Å². The number of carbonyl (C=O) groups excluding carboxylic acids is 1. The second-order valence-corrected chi connectivity index (χ2v) is 5.09.